The van der Waals surface area contributed by atoms with E-state index < -0.39 is 0 Å². The summed E-state index contributed by atoms with van der Waals surface area (Å²) in [5, 5.41) is 0. The normalized spacial score (nSPS) is 18.5. The van der Waals surface area contributed by atoms with Gasteiger partial charge in [-0.05, 0) is 29.9 Å². The maximum Gasteiger partial charge on any atom is 0.0655 e. The fourth-order valence-electron chi connectivity index (χ4n) is 2.03. The molecule has 82 valence electrons. The van der Waals surface area contributed by atoms with Gasteiger partial charge in [-0.3, -0.25) is 0 Å². The lowest BCUT2D eigenvalue weighted by atomic mass is 9.80. The molecule has 0 heterocycles. The van der Waals surface area contributed by atoms with Crippen molar-refractivity contribution >= 4 is 0 Å². The third kappa shape index (κ3) is 2.39. The molecule has 2 heteroatoms. The molecule has 0 bridgehead atoms. The minimum atomic E-state index is 0.00504. The van der Waals surface area contributed by atoms with Crippen molar-refractivity contribution < 1.29 is 4.74 Å². The van der Waals surface area contributed by atoms with E-state index in [1.165, 1.54) is 30.4 Å². The summed E-state index contributed by atoms with van der Waals surface area (Å²) < 4.78 is 5.04. The summed E-state index contributed by atoms with van der Waals surface area (Å²) in [6, 6.07) is 8.71. The molecule has 0 aliphatic heterocycles. The van der Waals surface area contributed by atoms with Crippen molar-refractivity contribution in [3.63, 3.8) is 0 Å². The van der Waals surface area contributed by atoms with Gasteiger partial charge in [0.25, 0.3) is 0 Å². The standard InChI is InChI=1S/C13H19NO/c1-15-9-13(14)12-7-5-11(6-8-12)10-3-2-4-10/h5-8,10,13H,2-4,9,14H2,1H3. The summed E-state index contributed by atoms with van der Waals surface area (Å²) in [5.74, 6) is 0.803. The zero-order valence-electron chi connectivity index (χ0n) is 9.28. The molecule has 0 saturated heterocycles. The van der Waals surface area contributed by atoms with E-state index in [1.807, 2.05) is 0 Å². The molecule has 0 amide bonds. The van der Waals surface area contributed by atoms with Crippen LogP contribution >= 0.6 is 0 Å². The highest BCUT2D eigenvalue weighted by molar-refractivity contribution is 5.28. The first kappa shape index (κ1) is 10.7. The fraction of sp³-hybridized carbons (Fsp3) is 0.538. The van der Waals surface area contributed by atoms with E-state index in [4.69, 9.17) is 10.5 Å². The Bertz CT molecular complexity index is 303. The predicted octanol–water partition coefficient (Wildman–Crippen LogP) is 2.60. The number of hydrogen-bond acceptors (Lipinski definition) is 2. The van der Waals surface area contributed by atoms with Crippen LogP contribution in [0.15, 0.2) is 24.3 Å². The van der Waals surface area contributed by atoms with Crippen LogP contribution in [0.4, 0.5) is 0 Å². The first-order valence-electron chi connectivity index (χ1n) is 5.65. The zero-order chi connectivity index (χ0) is 10.7. The fourth-order valence-corrected chi connectivity index (χ4v) is 2.03. The van der Waals surface area contributed by atoms with Gasteiger partial charge in [0, 0.05) is 7.11 Å². The van der Waals surface area contributed by atoms with E-state index in [1.54, 1.807) is 7.11 Å². The number of ether oxygens (including phenoxy) is 1. The van der Waals surface area contributed by atoms with Crippen LogP contribution in [0.1, 0.15) is 42.3 Å². The van der Waals surface area contributed by atoms with E-state index in [0.717, 1.165) is 5.92 Å². The third-order valence-electron chi connectivity index (χ3n) is 3.29. The van der Waals surface area contributed by atoms with Crippen LogP contribution in [-0.4, -0.2) is 13.7 Å². The second-order valence-electron chi connectivity index (χ2n) is 4.36. The summed E-state index contributed by atoms with van der Waals surface area (Å²) >= 11 is 0. The number of nitrogens with two attached hydrogens (primary N) is 1. The molecule has 0 aromatic heterocycles. The quantitative estimate of drug-likeness (QED) is 0.820. The second kappa shape index (κ2) is 4.77. The van der Waals surface area contributed by atoms with Gasteiger partial charge < -0.3 is 10.5 Å². The highest BCUT2D eigenvalue weighted by atomic mass is 16.5. The Labute approximate surface area is 91.4 Å². The smallest absolute Gasteiger partial charge is 0.0655 e. The van der Waals surface area contributed by atoms with Crippen LogP contribution in [0.25, 0.3) is 0 Å². The summed E-state index contributed by atoms with van der Waals surface area (Å²) in [6.45, 7) is 0.586. The van der Waals surface area contributed by atoms with E-state index in [-0.39, 0.29) is 6.04 Å². The average molecular weight is 205 g/mol. The van der Waals surface area contributed by atoms with Gasteiger partial charge in [-0.1, -0.05) is 30.7 Å². The van der Waals surface area contributed by atoms with Gasteiger partial charge in [-0.2, -0.15) is 0 Å². The minimum absolute atomic E-state index is 0.00504. The van der Waals surface area contributed by atoms with Crippen LogP contribution < -0.4 is 5.73 Å². The van der Waals surface area contributed by atoms with E-state index in [0.29, 0.717) is 6.61 Å². The molecule has 1 aromatic rings. The van der Waals surface area contributed by atoms with Crippen LogP contribution in [0.2, 0.25) is 0 Å². The Morgan fingerprint density at radius 3 is 2.47 bits per heavy atom. The number of benzene rings is 1. The van der Waals surface area contributed by atoms with Crippen molar-refractivity contribution in [2.24, 2.45) is 5.73 Å². The summed E-state index contributed by atoms with van der Waals surface area (Å²) in [7, 11) is 1.68. The molecular formula is C13H19NO. The summed E-state index contributed by atoms with van der Waals surface area (Å²) in [6.07, 6.45) is 4.09. The summed E-state index contributed by atoms with van der Waals surface area (Å²) in [4.78, 5) is 0. The highest BCUT2D eigenvalue weighted by Gasteiger charge is 2.19. The average Bonchev–Trinajstić information content (AvgIpc) is 2.16. The Balaban J connectivity index is 2.02. The van der Waals surface area contributed by atoms with Crippen molar-refractivity contribution in [1.82, 2.24) is 0 Å². The Morgan fingerprint density at radius 1 is 1.33 bits per heavy atom. The molecule has 1 aliphatic rings. The molecule has 2 nitrogen and oxygen atoms in total. The maximum absolute atomic E-state index is 5.95. The number of rotatable bonds is 4. The largest absolute Gasteiger partial charge is 0.383 e. The van der Waals surface area contributed by atoms with Gasteiger partial charge in [0.1, 0.15) is 0 Å². The molecular weight excluding hydrogens is 186 g/mol. The lowest BCUT2D eigenvalue weighted by molar-refractivity contribution is 0.181. The zero-order valence-corrected chi connectivity index (χ0v) is 9.28. The molecule has 0 spiro atoms. The van der Waals surface area contributed by atoms with E-state index in [9.17, 15) is 0 Å². The van der Waals surface area contributed by atoms with Crippen LogP contribution in [-0.2, 0) is 4.74 Å². The van der Waals surface area contributed by atoms with Crippen LogP contribution in [0, 0.1) is 0 Å². The molecule has 2 N–H and O–H groups in total. The van der Waals surface area contributed by atoms with Crippen molar-refractivity contribution in [3.8, 4) is 0 Å². The van der Waals surface area contributed by atoms with Gasteiger partial charge in [-0.25, -0.2) is 0 Å². The molecule has 1 atom stereocenters. The van der Waals surface area contributed by atoms with Crippen molar-refractivity contribution in [2.75, 3.05) is 13.7 Å². The Kier molecular flexibility index (Phi) is 3.39. The monoisotopic (exact) mass is 205 g/mol. The molecule has 1 fully saturated rings. The first-order valence-corrected chi connectivity index (χ1v) is 5.65. The molecule has 2 rings (SSSR count). The van der Waals surface area contributed by atoms with Gasteiger partial charge in [0.15, 0.2) is 0 Å². The van der Waals surface area contributed by atoms with Crippen molar-refractivity contribution in [3.05, 3.63) is 35.4 Å². The van der Waals surface area contributed by atoms with Crippen LogP contribution in [0.5, 0.6) is 0 Å². The lowest BCUT2D eigenvalue weighted by Gasteiger charge is -2.26. The molecule has 1 saturated carbocycles. The van der Waals surface area contributed by atoms with Gasteiger partial charge >= 0.3 is 0 Å². The molecule has 1 unspecified atom stereocenters. The molecule has 1 aliphatic carbocycles. The second-order valence-corrected chi connectivity index (χ2v) is 4.36. The van der Waals surface area contributed by atoms with Crippen molar-refractivity contribution in [2.45, 2.75) is 31.2 Å². The summed E-state index contributed by atoms with van der Waals surface area (Å²) in [5.41, 5.74) is 8.59. The van der Waals surface area contributed by atoms with Crippen LogP contribution in [0.3, 0.4) is 0 Å². The van der Waals surface area contributed by atoms with Gasteiger partial charge in [0.2, 0.25) is 0 Å². The van der Waals surface area contributed by atoms with E-state index >= 15 is 0 Å². The van der Waals surface area contributed by atoms with Gasteiger partial charge in [-0.15, -0.1) is 0 Å². The first-order chi connectivity index (χ1) is 7.31. The SMILES string of the molecule is COCC(N)c1ccc(C2CCC2)cc1. The van der Waals surface area contributed by atoms with Crippen molar-refractivity contribution in [1.29, 1.82) is 0 Å². The predicted molar refractivity (Wildman–Crippen MR) is 61.8 cm³/mol. The molecule has 0 radical (unpaired) electrons. The highest BCUT2D eigenvalue weighted by Crippen LogP contribution is 2.36. The lowest BCUT2D eigenvalue weighted by Crippen LogP contribution is -2.16. The third-order valence-corrected chi connectivity index (χ3v) is 3.29. The minimum Gasteiger partial charge on any atom is -0.383 e. The topological polar surface area (TPSA) is 35.2 Å². The molecule has 15 heavy (non-hydrogen) atoms. The number of methoxy groups -OCH3 is 1. The van der Waals surface area contributed by atoms with E-state index in [2.05, 4.69) is 24.3 Å². The maximum atomic E-state index is 5.95. The molecule has 1 aromatic carbocycles. The van der Waals surface area contributed by atoms with Gasteiger partial charge in [0.05, 0.1) is 12.6 Å². The Morgan fingerprint density at radius 2 is 2.00 bits per heavy atom. The Hall–Kier alpha value is -0.860. The number of hydrogen-bond donors (Lipinski definition) is 1.